The molecular weight excluding hydrogens is 233 g/mol. The van der Waals surface area contributed by atoms with Gasteiger partial charge in [0, 0.05) is 6.54 Å². The summed E-state index contributed by atoms with van der Waals surface area (Å²) in [4.78, 5) is 11.4. The van der Waals surface area contributed by atoms with Gasteiger partial charge in [0.2, 0.25) is 0 Å². The third-order valence-corrected chi connectivity index (χ3v) is 2.20. The third kappa shape index (κ3) is 3.45. The summed E-state index contributed by atoms with van der Waals surface area (Å²) < 4.78 is 38.7. The Hall–Kier alpha value is -1.56. The summed E-state index contributed by atoms with van der Waals surface area (Å²) in [6, 6.07) is 1.62. The molecule has 0 radical (unpaired) electrons. The van der Waals surface area contributed by atoms with Crippen molar-refractivity contribution in [1.82, 2.24) is 5.32 Å². The number of amides is 1. The number of benzene rings is 1. The number of carbonyl (C=O) groups is 1. The van der Waals surface area contributed by atoms with Crippen LogP contribution in [0.2, 0.25) is 0 Å². The van der Waals surface area contributed by atoms with Crippen LogP contribution < -0.4 is 11.1 Å². The predicted molar refractivity (Wildman–Crippen MR) is 56.9 cm³/mol. The van der Waals surface area contributed by atoms with E-state index in [-0.39, 0.29) is 0 Å². The van der Waals surface area contributed by atoms with Crippen LogP contribution in [0.5, 0.6) is 0 Å². The summed E-state index contributed by atoms with van der Waals surface area (Å²) >= 11 is 0. The molecule has 1 rings (SSSR count). The van der Waals surface area contributed by atoms with E-state index in [4.69, 9.17) is 5.73 Å². The molecule has 0 saturated carbocycles. The lowest BCUT2D eigenvalue weighted by Crippen LogP contribution is -2.26. The molecule has 1 aromatic carbocycles. The molecule has 3 nitrogen and oxygen atoms in total. The Morgan fingerprint density at radius 1 is 1.18 bits per heavy atom. The van der Waals surface area contributed by atoms with Gasteiger partial charge in [-0.15, -0.1) is 0 Å². The fourth-order valence-corrected chi connectivity index (χ4v) is 1.27. The highest BCUT2D eigenvalue weighted by atomic mass is 19.2. The maximum absolute atomic E-state index is 13.2. The van der Waals surface area contributed by atoms with E-state index < -0.39 is 28.9 Å². The van der Waals surface area contributed by atoms with Crippen LogP contribution in [0.25, 0.3) is 0 Å². The average molecular weight is 246 g/mol. The number of unbranched alkanes of at least 4 members (excludes halogenated alkanes) is 1. The molecule has 0 bridgehead atoms. The number of hydrogen-bond acceptors (Lipinski definition) is 2. The number of nitrogens with one attached hydrogen (secondary N) is 1. The van der Waals surface area contributed by atoms with Gasteiger partial charge in [0.1, 0.15) is 0 Å². The lowest BCUT2D eigenvalue weighted by molar-refractivity contribution is 0.0947. The topological polar surface area (TPSA) is 55.1 Å². The summed E-state index contributed by atoms with van der Waals surface area (Å²) in [6.07, 6.45) is 1.37. The molecule has 0 atom stereocenters. The highest BCUT2D eigenvalue weighted by molar-refractivity contribution is 5.94. The smallest absolute Gasteiger partial charge is 0.254 e. The Labute approximate surface area is 96.8 Å². The minimum absolute atomic E-state index is 0.314. The Kier molecular flexibility index (Phi) is 4.96. The molecule has 17 heavy (non-hydrogen) atoms. The van der Waals surface area contributed by atoms with E-state index in [0.29, 0.717) is 25.6 Å². The molecule has 0 aliphatic heterocycles. The van der Waals surface area contributed by atoms with Gasteiger partial charge >= 0.3 is 0 Å². The average Bonchev–Trinajstić information content (AvgIpc) is 2.31. The highest BCUT2D eigenvalue weighted by Crippen LogP contribution is 2.14. The Morgan fingerprint density at radius 3 is 2.53 bits per heavy atom. The first kappa shape index (κ1) is 13.5. The molecule has 6 heteroatoms. The maximum atomic E-state index is 13.2. The fourth-order valence-electron chi connectivity index (χ4n) is 1.27. The number of rotatable bonds is 5. The Morgan fingerprint density at radius 2 is 1.88 bits per heavy atom. The van der Waals surface area contributed by atoms with Crippen molar-refractivity contribution in [2.75, 3.05) is 13.1 Å². The lowest BCUT2D eigenvalue weighted by atomic mass is 10.2. The van der Waals surface area contributed by atoms with Crippen molar-refractivity contribution >= 4 is 5.91 Å². The zero-order valence-corrected chi connectivity index (χ0v) is 9.10. The first-order valence-electron chi connectivity index (χ1n) is 5.19. The third-order valence-electron chi connectivity index (χ3n) is 2.20. The lowest BCUT2D eigenvalue weighted by Gasteiger charge is -2.06. The molecule has 0 fully saturated rings. The minimum atomic E-state index is -1.64. The van der Waals surface area contributed by atoms with E-state index in [9.17, 15) is 18.0 Å². The van der Waals surface area contributed by atoms with Crippen molar-refractivity contribution in [3.63, 3.8) is 0 Å². The number of carbonyl (C=O) groups excluding carboxylic acids is 1. The first-order chi connectivity index (χ1) is 8.07. The molecule has 0 aromatic heterocycles. The van der Waals surface area contributed by atoms with E-state index >= 15 is 0 Å². The monoisotopic (exact) mass is 246 g/mol. The van der Waals surface area contributed by atoms with Gasteiger partial charge in [0.15, 0.2) is 17.5 Å². The van der Waals surface area contributed by atoms with Crippen LogP contribution in [-0.4, -0.2) is 19.0 Å². The first-order valence-corrected chi connectivity index (χ1v) is 5.19. The molecule has 1 aromatic rings. The Balaban J connectivity index is 2.66. The largest absolute Gasteiger partial charge is 0.352 e. The van der Waals surface area contributed by atoms with Gasteiger partial charge in [-0.1, -0.05) is 0 Å². The maximum Gasteiger partial charge on any atom is 0.254 e. The number of nitrogens with two attached hydrogens (primary N) is 1. The summed E-state index contributed by atoms with van der Waals surface area (Å²) in [5, 5.41) is 2.40. The Bertz CT molecular complexity index is 410. The molecule has 94 valence electrons. The van der Waals surface area contributed by atoms with Crippen LogP contribution in [0.4, 0.5) is 13.2 Å². The number of halogens is 3. The van der Waals surface area contributed by atoms with Gasteiger partial charge in [-0.3, -0.25) is 4.79 Å². The zero-order chi connectivity index (χ0) is 12.8. The SMILES string of the molecule is NCCCCNC(=O)c1ccc(F)c(F)c1F. The van der Waals surface area contributed by atoms with E-state index in [2.05, 4.69) is 5.32 Å². The second-order valence-electron chi connectivity index (χ2n) is 3.47. The van der Waals surface area contributed by atoms with Crippen molar-refractivity contribution < 1.29 is 18.0 Å². The molecule has 0 heterocycles. The zero-order valence-electron chi connectivity index (χ0n) is 9.10. The van der Waals surface area contributed by atoms with Crippen LogP contribution in [-0.2, 0) is 0 Å². The molecule has 0 aliphatic carbocycles. The quantitative estimate of drug-likeness (QED) is 0.612. The summed E-state index contributed by atoms with van der Waals surface area (Å²) in [6.45, 7) is 0.809. The standard InChI is InChI=1S/C11H13F3N2O/c12-8-4-3-7(9(13)10(8)14)11(17)16-6-2-1-5-15/h3-4H,1-2,5-6,15H2,(H,16,17). The van der Waals surface area contributed by atoms with Gasteiger partial charge in [-0.25, -0.2) is 13.2 Å². The minimum Gasteiger partial charge on any atom is -0.352 e. The van der Waals surface area contributed by atoms with E-state index in [0.717, 1.165) is 12.5 Å². The normalized spacial score (nSPS) is 10.4. The fraction of sp³-hybridized carbons (Fsp3) is 0.364. The summed E-state index contributed by atoms with van der Waals surface area (Å²) in [7, 11) is 0. The summed E-state index contributed by atoms with van der Waals surface area (Å²) in [5.41, 5.74) is 4.75. The van der Waals surface area contributed by atoms with Crippen molar-refractivity contribution in [1.29, 1.82) is 0 Å². The van der Waals surface area contributed by atoms with Crippen LogP contribution in [0.15, 0.2) is 12.1 Å². The van der Waals surface area contributed by atoms with Crippen LogP contribution in [0.3, 0.4) is 0 Å². The molecular formula is C11H13F3N2O. The molecule has 1 amide bonds. The van der Waals surface area contributed by atoms with Crippen LogP contribution >= 0.6 is 0 Å². The van der Waals surface area contributed by atoms with Gasteiger partial charge < -0.3 is 11.1 Å². The van der Waals surface area contributed by atoms with Crippen molar-refractivity contribution in [2.24, 2.45) is 5.73 Å². The van der Waals surface area contributed by atoms with Crippen molar-refractivity contribution in [3.8, 4) is 0 Å². The molecule has 3 N–H and O–H groups in total. The second-order valence-corrected chi connectivity index (χ2v) is 3.47. The molecule has 0 saturated heterocycles. The molecule has 0 aliphatic rings. The van der Waals surface area contributed by atoms with E-state index in [1.54, 1.807) is 0 Å². The number of hydrogen-bond donors (Lipinski definition) is 2. The molecule has 0 spiro atoms. The summed E-state index contributed by atoms with van der Waals surface area (Å²) in [5.74, 6) is -5.19. The van der Waals surface area contributed by atoms with Gasteiger partial charge in [-0.2, -0.15) is 0 Å². The highest BCUT2D eigenvalue weighted by Gasteiger charge is 2.18. The molecule has 0 unspecified atom stereocenters. The van der Waals surface area contributed by atoms with E-state index in [1.807, 2.05) is 0 Å². The second kappa shape index (κ2) is 6.24. The van der Waals surface area contributed by atoms with Gasteiger partial charge in [-0.05, 0) is 31.5 Å². The van der Waals surface area contributed by atoms with Crippen molar-refractivity contribution in [2.45, 2.75) is 12.8 Å². The predicted octanol–water partition coefficient (Wildman–Crippen LogP) is 1.57. The van der Waals surface area contributed by atoms with Crippen molar-refractivity contribution in [3.05, 3.63) is 35.1 Å². The van der Waals surface area contributed by atoms with E-state index in [1.165, 1.54) is 0 Å². The van der Waals surface area contributed by atoms with Crippen LogP contribution in [0, 0.1) is 17.5 Å². The van der Waals surface area contributed by atoms with Crippen LogP contribution in [0.1, 0.15) is 23.2 Å². The van der Waals surface area contributed by atoms with Gasteiger partial charge in [0.05, 0.1) is 5.56 Å². The van der Waals surface area contributed by atoms with Gasteiger partial charge in [0.25, 0.3) is 5.91 Å².